The van der Waals surface area contributed by atoms with E-state index in [0.29, 0.717) is 11.8 Å². The molecule has 0 spiro atoms. The Kier molecular flexibility index (Phi) is 6.44. The van der Waals surface area contributed by atoms with E-state index in [-0.39, 0.29) is 29.3 Å². The van der Waals surface area contributed by atoms with Gasteiger partial charge in [-0.3, -0.25) is 9.59 Å². The van der Waals surface area contributed by atoms with E-state index >= 15 is 0 Å². The summed E-state index contributed by atoms with van der Waals surface area (Å²) in [6.07, 6.45) is 0.222. The van der Waals surface area contributed by atoms with E-state index in [2.05, 4.69) is 5.32 Å². The molecule has 0 heterocycles. The first kappa shape index (κ1) is 16.4. The van der Waals surface area contributed by atoms with Crippen LogP contribution >= 0.6 is 11.8 Å². The summed E-state index contributed by atoms with van der Waals surface area (Å²) in [4.78, 5) is 22.6. The van der Waals surface area contributed by atoms with Crippen molar-refractivity contribution >= 4 is 23.6 Å². The van der Waals surface area contributed by atoms with Gasteiger partial charge in [0.2, 0.25) is 0 Å². The highest BCUT2D eigenvalue weighted by Gasteiger charge is 2.16. The van der Waals surface area contributed by atoms with Gasteiger partial charge in [0.05, 0.1) is 5.56 Å². The topological polar surface area (TPSA) is 66.4 Å². The van der Waals surface area contributed by atoms with Gasteiger partial charge in [0.25, 0.3) is 11.7 Å². The molecule has 0 aliphatic heterocycles. The molecule has 0 saturated heterocycles. The average Bonchev–Trinajstić information content (AvgIpc) is 2.36. The molecule has 0 aromatic heterocycles. The van der Waals surface area contributed by atoms with E-state index < -0.39 is 17.6 Å². The lowest BCUT2D eigenvalue weighted by atomic mass is 10.1. The molecule has 2 N–H and O–H groups in total. The Labute approximate surface area is 119 Å². The maximum absolute atomic E-state index is 12.4. The highest BCUT2D eigenvalue weighted by atomic mass is 32.2. The molecule has 1 rings (SSSR count). The van der Waals surface area contributed by atoms with Crippen LogP contribution in [0.3, 0.4) is 0 Å². The number of halogens is 2. The molecule has 1 amide bonds. The van der Waals surface area contributed by atoms with E-state index in [1.54, 1.807) is 19.1 Å². The monoisotopic (exact) mass is 303 g/mol. The van der Waals surface area contributed by atoms with Gasteiger partial charge in [0, 0.05) is 17.4 Å². The SMILES string of the molecule is CC(CCC(=O)O)NC(=O)c1ccccc1SC(F)F. The van der Waals surface area contributed by atoms with E-state index in [1.807, 2.05) is 0 Å². The molecule has 20 heavy (non-hydrogen) atoms. The summed E-state index contributed by atoms with van der Waals surface area (Å²) >= 11 is 0.310. The predicted octanol–water partition coefficient (Wildman–Crippen LogP) is 2.98. The van der Waals surface area contributed by atoms with Gasteiger partial charge in [-0.2, -0.15) is 8.78 Å². The number of hydrogen-bond donors (Lipinski definition) is 2. The van der Waals surface area contributed by atoms with Gasteiger partial charge in [-0.25, -0.2) is 0 Å². The number of carboxylic acid groups (broad SMARTS) is 1. The minimum Gasteiger partial charge on any atom is -0.481 e. The van der Waals surface area contributed by atoms with Crippen LogP contribution in [0.25, 0.3) is 0 Å². The molecular weight excluding hydrogens is 288 g/mol. The molecule has 1 aromatic rings. The molecule has 0 radical (unpaired) electrons. The summed E-state index contributed by atoms with van der Waals surface area (Å²) in [6, 6.07) is 5.74. The summed E-state index contributed by atoms with van der Waals surface area (Å²) in [6.45, 7) is 1.67. The number of hydrogen-bond acceptors (Lipinski definition) is 3. The van der Waals surface area contributed by atoms with Gasteiger partial charge in [-0.1, -0.05) is 23.9 Å². The minimum absolute atomic E-state index is 0.0606. The fourth-order valence-electron chi connectivity index (χ4n) is 1.57. The van der Waals surface area contributed by atoms with Gasteiger partial charge in [0.1, 0.15) is 0 Å². The molecule has 4 nitrogen and oxygen atoms in total. The van der Waals surface area contributed by atoms with Gasteiger partial charge in [0.15, 0.2) is 0 Å². The maximum Gasteiger partial charge on any atom is 0.303 e. The second kappa shape index (κ2) is 7.84. The zero-order valence-electron chi connectivity index (χ0n) is 10.8. The number of benzene rings is 1. The van der Waals surface area contributed by atoms with Crippen molar-refractivity contribution in [2.24, 2.45) is 0 Å². The number of aliphatic carboxylic acids is 1. The summed E-state index contributed by atoms with van der Waals surface area (Å²) < 4.78 is 24.8. The second-order valence-corrected chi connectivity index (χ2v) is 5.21. The standard InChI is InChI=1S/C13H15F2NO3S/c1-8(6-7-11(17)18)16-12(19)9-4-2-3-5-10(9)20-13(14)15/h2-5,8,13H,6-7H2,1H3,(H,16,19)(H,17,18). The Hall–Kier alpha value is -1.63. The summed E-state index contributed by atoms with van der Waals surface area (Å²) in [7, 11) is 0. The lowest BCUT2D eigenvalue weighted by Crippen LogP contribution is -2.33. The van der Waals surface area contributed by atoms with Crippen LogP contribution in [-0.4, -0.2) is 28.8 Å². The van der Waals surface area contributed by atoms with Gasteiger partial charge in [-0.15, -0.1) is 0 Å². The summed E-state index contributed by atoms with van der Waals surface area (Å²) in [5.74, 6) is -4.03. The Bertz CT molecular complexity index is 482. The van der Waals surface area contributed by atoms with Crippen molar-refractivity contribution in [3.8, 4) is 0 Å². The highest BCUT2D eigenvalue weighted by Crippen LogP contribution is 2.28. The molecule has 0 aliphatic carbocycles. The average molecular weight is 303 g/mol. The van der Waals surface area contributed by atoms with Crippen LogP contribution in [-0.2, 0) is 4.79 Å². The predicted molar refractivity (Wildman–Crippen MR) is 72.1 cm³/mol. The number of carbonyl (C=O) groups excluding carboxylic acids is 1. The molecule has 0 bridgehead atoms. The van der Waals surface area contributed by atoms with Gasteiger partial charge < -0.3 is 10.4 Å². The molecule has 110 valence electrons. The quantitative estimate of drug-likeness (QED) is 0.760. The zero-order chi connectivity index (χ0) is 15.1. The minimum atomic E-state index is -2.60. The van der Waals surface area contributed by atoms with Gasteiger partial charge in [-0.05, 0) is 25.5 Å². The van der Waals surface area contributed by atoms with E-state index in [0.717, 1.165) is 0 Å². The highest BCUT2D eigenvalue weighted by molar-refractivity contribution is 7.99. The Morgan fingerprint density at radius 1 is 1.35 bits per heavy atom. The number of carboxylic acids is 1. The first-order valence-corrected chi connectivity index (χ1v) is 6.84. The van der Waals surface area contributed by atoms with Crippen LogP contribution in [0.4, 0.5) is 8.78 Å². The van der Waals surface area contributed by atoms with Crippen LogP contribution < -0.4 is 5.32 Å². The third-order valence-electron chi connectivity index (χ3n) is 2.52. The Balaban J connectivity index is 2.69. The summed E-state index contributed by atoms with van der Waals surface area (Å²) in [5, 5.41) is 11.2. The second-order valence-electron chi connectivity index (χ2n) is 4.18. The number of rotatable bonds is 7. The zero-order valence-corrected chi connectivity index (χ0v) is 11.6. The maximum atomic E-state index is 12.4. The number of nitrogens with one attached hydrogen (secondary N) is 1. The lowest BCUT2D eigenvalue weighted by Gasteiger charge is -2.14. The molecule has 1 atom stereocenters. The number of amides is 1. The van der Waals surface area contributed by atoms with Crippen molar-refractivity contribution in [3.05, 3.63) is 29.8 Å². The van der Waals surface area contributed by atoms with Crippen LogP contribution in [0, 0.1) is 0 Å². The van der Waals surface area contributed by atoms with Crippen molar-refractivity contribution in [1.29, 1.82) is 0 Å². The van der Waals surface area contributed by atoms with Crippen molar-refractivity contribution in [3.63, 3.8) is 0 Å². The van der Waals surface area contributed by atoms with E-state index in [4.69, 9.17) is 5.11 Å². The fourth-order valence-corrected chi connectivity index (χ4v) is 2.20. The smallest absolute Gasteiger partial charge is 0.303 e. The van der Waals surface area contributed by atoms with Gasteiger partial charge >= 0.3 is 5.97 Å². The third-order valence-corrected chi connectivity index (χ3v) is 3.30. The van der Waals surface area contributed by atoms with Crippen molar-refractivity contribution in [1.82, 2.24) is 5.32 Å². The molecule has 0 saturated carbocycles. The molecule has 0 fully saturated rings. The van der Waals surface area contributed by atoms with Crippen LogP contribution in [0.15, 0.2) is 29.2 Å². The number of alkyl halides is 2. The Morgan fingerprint density at radius 2 is 2.00 bits per heavy atom. The Morgan fingerprint density at radius 3 is 2.60 bits per heavy atom. The first-order valence-electron chi connectivity index (χ1n) is 5.96. The van der Waals surface area contributed by atoms with Crippen molar-refractivity contribution < 1.29 is 23.5 Å². The molecule has 1 aromatic carbocycles. The van der Waals surface area contributed by atoms with Crippen LogP contribution in [0.5, 0.6) is 0 Å². The van der Waals surface area contributed by atoms with E-state index in [9.17, 15) is 18.4 Å². The summed E-state index contributed by atoms with van der Waals surface area (Å²) in [5.41, 5.74) is 0.167. The normalized spacial score (nSPS) is 12.2. The van der Waals surface area contributed by atoms with Crippen LogP contribution in [0.1, 0.15) is 30.1 Å². The molecular formula is C13H15F2NO3S. The fraction of sp³-hybridized carbons (Fsp3) is 0.385. The van der Waals surface area contributed by atoms with Crippen LogP contribution in [0.2, 0.25) is 0 Å². The lowest BCUT2D eigenvalue weighted by molar-refractivity contribution is -0.137. The molecule has 1 unspecified atom stereocenters. The van der Waals surface area contributed by atoms with Crippen molar-refractivity contribution in [2.75, 3.05) is 0 Å². The molecule has 0 aliphatic rings. The largest absolute Gasteiger partial charge is 0.481 e. The van der Waals surface area contributed by atoms with E-state index in [1.165, 1.54) is 12.1 Å². The number of thioether (sulfide) groups is 1. The number of carbonyl (C=O) groups is 2. The van der Waals surface area contributed by atoms with Crippen molar-refractivity contribution in [2.45, 2.75) is 36.5 Å². The first-order chi connectivity index (χ1) is 9.40. The molecule has 7 heteroatoms. The third kappa shape index (κ3) is 5.56.